The standard InChI is InChI=1S/C19H29NO4/c1-6-14(4)15-11-9-10-12-17(15)24-16(7-2)19(22)20(5)13-18(21)23-8-3/h9-12,14,16H,6-8,13H2,1-5H3. The minimum absolute atomic E-state index is 0.0699. The summed E-state index contributed by atoms with van der Waals surface area (Å²) >= 11 is 0. The van der Waals surface area contributed by atoms with Crippen LogP contribution in [0.5, 0.6) is 5.75 Å². The number of para-hydroxylation sites is 1. The van der Waals surface area contributed by atoms with E-state index in [1.165, 1.54) is 4.90 Å². The van der Waals surface area contributed by atoms with Crippen molar-refractivity contribution in [3.05, 3.63) is 29.8 Å². The Balaban J connectivity index is 2.84. The lowest BCUT2D eigenvalue weighted by molar-refractivity contribution is -0.150. The number of ether oxygens (including phenoxy) is 2. The average molecular weight is 335 g/mol. The summed E-state index contributed by atoms with van der Waals surface area (Å²) in [4.78, 5) is 25.5. The van der Waals surface area contributed by atoms with Gasteiger partial charge in [-0.3, -0.25) is 9.59 Å². The first-order valence-corrected chi connectivity index (χ1v) is 8.60. The van der Waals surface area contributed by atoms with Crippen molar-refractivity contribution in [1.29, 1.82) is 0 Å². The van der Waals surface area contributed by atoms with Crippen LogP contribution in [0.25, 0.3) is 0 Å². The number of hydrogen-bond donors (Lipinski definition) is 0. The zero-order valence-electron chi connectivity index (χ0n) is 15.4. The van der Waals surface area contributed by atoms with E-state index in [0.29, 0.717) is 18.9 Å². The molecule has 0 aliphatic rings. The molecule has 0 fully saturated rings. The molecule has 0 aromatic heterocycles. The van der Waals surface area contributed by atoms with Crippen molar-refractivity contribution >= 4 is 11.9 Å². The monoisotopic (exact) mass is 335 g/mol. The molecule has 1 aromatic rings. The van der Waals surface area contributed by atoms with Crippen LogP contribution in [0.3, 0.4) is 0 Å². The lowest BCUT2D eigenvalue weighted by atomic mass is 9.98. The largest absolute Gasteiger partial charge is 0.480 e. The van der Waals surface area contributed by atoms with Crippen molar-refractivity contribution in [2.75, 3.05) is 20.2 Å². The van der Waals surface area contributed by atoms with Crippen LogP contribution in [0.4, 0.5) is 0 Å². The highest BCUT2D eigenvalue weighted by Crippen LogP contribution is 2.29. The Labute approximate surface area is 144 Å². The van der Waals surface area contributed by atoms with Crippen LogP contribution >= 0.6 is 0 Å². The summed E-state index contributed by atoms with van der Waals surface area (Å²) in [7, 11) is 1.59. The lowest BCUT2D eigenvalue weighted by Crippen LogP contribution is -2.42. The van der Waals surface area contributed by atoms with Crippen molar-refractivity contribution in [2.24, 2.45) is 0 Å². The summed E-state index contributed by atoms with van der Waals surface area (Å²) in [6.45, 7) is 8.13. The van der Waals surface area contributed by atoms with E-state index in [1.807, 2.05) is 31.2 Å². The fourth-order valence-electron chi connectivity index (χ4n) is 2.40. The molecule has 0 N–H and O–H groups in total. The van der Waals surface area contributed by atoms with Gasteiger partial charge in [0.05, 0.1) is 6.61 Å². The van der Waals surface area contributed by atoms with Gasteiger partial charge in [-0.15, -0.1) is 0 Å². The number of hydrogen-bond acceptors (Lipinski definition) is 4. The molecule has 134 valence electrons. The van der Waals surface area contributed by atoms with Gasteiger partial charge in [0.25, 0.3) is 5.91 Å². The van der Waals surface area contributed by atoms with Crippen LogP contribution < -0.4 is 4.74 Å². The van der Waals surface area contributed by atoms with Gasteiger partial charge in [0.15, 0.2) is 6.10 Å². The molecule has 0 heterocycles. The van der Waals surface area contributed by atoms with Gasteiger partial charge in [0, 0.05) is 7.05 Å². The van der Waals surface area contributed by atoms with E-state index < -0.39 is 12.1 Å². The average Bonchev–Trinajstić information content (AvgIpc) is 2.58. The maximum atomic E-state index is 12.6. The fourth-order valence-corrected chi connectivity index (χ4v) is 2.40. The minimum Gasteiger partial charge on any atom is -0.480 e. The normalized spacial score (nSPS) is 13.0. The van der Waals surface area contributed by atoms with Gasteiger partial charge in [-0.2, -0.15) is 0 Å². The molecule has 2 unspecified atom stereocenters. The SMILES string of the molecule is CCOC(=O)CN(C)C(=O)C(CC)Oc1ccccc1C(C)CC. The number of carbonyl (C=O) groups is 2. The number of esters is 1. The Morgan fingerprint density at radius 1 is 1.12 bits per heavy atom. The van der Waals surface area contributed by atoms with Crippen molar-refractivity contribution in [2.45, 2.75) is 52.6 Å². The Morgan fingerprint density at radius 3 is 2.38 bits per heavy atom. The molecule has 1 aromatic carbocycles. The smallest absolute Gasteiger partial charge is 0.325 e. The molecule has 0 saturated heterocycles. The Kier molecular flexibility index (Phi) is 8.30. The van der Waals surface area contributed by atoms with E-state index in [4.69, 9.17) is 9.47 Å². The summed E-state index contributed by atoms with van der Waals surface area (Å²) < 4.78 is 10.9. The molecule has 0 radical (unpaired) electrons. The summed E-state index contributed by atoms with van der Waals surface area (Å²) in [6, 6.07) is 7.80. The first-order chi connectivity index (χ1) is 11.4. The van der Waals surface area contributed by atoms with Crippen LogP contribution in [-0.2, 0) is 14.3 Å². The Bertz CT molecular complexity index is 544. The van der Waals surface area contributed by atoms with E-state index >= 15 is 0 Å². The zero-order chi connectivity index (χ0) is 18.1. The molecule has 1 rings (SSSR count). The molecule has 24 heavy (non-hydrogen) atoms. The van der Waals surface area contributed by atoms with Crippen molar-refractivity contribution < 1.29 is 19.1 Å². The third-order valence-electron chi connectivity index (χ3n) is 4.03. The number of nitrogens with zero attached hydrogens (tertiary/aromatic N) is 1. The second-order valence-corrected chi connectivity index (χ2v) is 5.86. The van der Waals surface area contributed by atoms with E-state index in [1.54, 1.807) is 14.0 Å². The quantitative estimate of drug-likeness (QED) is 0.649. The van der Waals surface area contributed by atoms with Gasteiger partial charge in [-0.1, -0.05) is 39.0 Å². The van der Waals surface area contributed by atoms with Crippen LogP contribution in [0.2, 0.25) is 0 Å². The molecule has 0 aliphatic carbocycles. The number of likely N-dealkylation sites (N-methyl/N-ethyl adjacent to an activating group) is 1. The predicted molar refractivity (Wildman–Crippen MR) is 94.1 cm³/mol. The number of carbonyl (C=O) groups excluding carboxylic acids is 2. The molecule has 0 aliphatic heterocycles. The van der Waals surface area contributed by atoms with Crippen molar-refractivity contribution in [1.82, 2.24) is 4.90 Å². The molecule has 1 amide bonds. The third kappa shape index (κ3) is 5.55. The molecule has 5 nitrogen and oxygen atoms in total. The van der Waals surface area contributed by atoms with Gasteiger partial charge in [0.2, 0.25) is 0 Å². The fraction of sp³-hybridized carbons (Fsp3) is 0.579. The topological polar surface area (TPSA) is 55.8 Å². The highest BCUT2D eigenvalue weighted by atomic mass is 16.5. The summed E-state index contributed by atoms with van der Waals surface area (Å²) in [6.07, 6.45) is 0.906. The van der Waals surface area contributed by atoms with Gasteiger partial charge in [-0.05, 0) is 37.3 Å². The van der Waals surface area contributed by atoms with Gasteiger partial charge < -0.3 is 14.4 Å². The number of rotatable bonds is 9. The van der Waals surface area contributed by atoms with E-state index in [0.717, 1.165) is 17.7 Å². The molecule has 0 saturated carbocycles. The molecule has 0 bridgehead atoms. The Hall–Kier alpha value is -2.04. The number of amides is 1. The van der Waals surface area contributed by atoms with Gasteiger partial charge in [-0.25, -0.2) is 0 Å². The van der Waals surface area contributed by atoms with E-state index in [-0.39, 0.29) is 12.5 Å². The minimum atomic E-state index is -0.616. The van der Waals surface area contributed by atoms with Gasteiger partial charge >= 0.3 is 5.97 Å². The van der Waals surface area contributed by atoms with Crippen molar-refractivity contribution in [3.8, 4) is 5.75 Å². The summed E-state index contributed by atoms with van der Waals surface area (Å²) in [5, 5.41) is 0. The maximum absolute atomic E-state index is 12.6. The second kappa shape index (κ2) is 9.96. The summed E-state index contributed by atoms with van der Waals surface area (Å²) in [5.41, 5.74) is 1.10. The van der Waals surface area contributed by atoms with Crippen LogP contribution in [0, 0.1) is 0 Å². The van der Waals surface area contributed by atoms with Crippen LogP contribution in [0.1, 0.15) is 52.0 Å². The zero-order valence-corrected chi connectivity index (χ0v) is 15.4. The summed E-state index contributed by atoms with van der Waals surface area (Å²) in [5.74, 6) is 0.454. The first kappa shape index (κ1) is 20.0. The molecular formula is C19H29NO4. The van der Waals surface area contributed by atoms with E-state index in [2.05, 4.69) is 13.8 Å². The highest BCUT2D eigenvalue weighted by molar-refractivity contribution is 5.85. The molecular weight excluding hydrogens is 306 g/mol. The number of benzene rings is 1. The third-order valence-corrected chi connectivity index (χ3v) is 4.03. The lowest BCUT2D eigenvalue weighted by Gasteiger charge is -2.25. The highest BCUT2D eigenvalue weighted by Gasteiger charge is 2.25. The van der Waals surface area contributed by atoms with Crippen LogP contribution in [-0.4, -0.2) is 43.1 Å². The van der Waals surface area contributed by atoms with E-state index in [9.17, 15) is 9.59 Å². The first-order valence-electron chi connectivity index (χ1n) is 8.60. The maximum Gasteiger partial charge on any atom is 0.325 e. The molecule has 2 atom stereocenters. The molecule has 0 spiro atoms. The predicted octanol–water partition coefficient (Wildman–Crippen LogP) is 3.38. The van der Waals surface area contributed by atoms with Gasteiger partial charge in [0.1, 0.15) is 12.3 Å². The molecule has 5 heteroatoms. The second-order valence-electron chi connectivity index (χ2n) is 5.86. The van der Waals surface area contributed by atoms with Crippen molar-refractivity contribution in [3.63, 3.8) is 0 Å². The van der Waals surface area contributed by atoms with Crippen LogP contribution in [0.15, 0.2) is 24.3 Å². The Morgan fingerprint density at radius 2 is 1.79 bits per heavy atom.